The highest BCUT2D eigenvalue weighted by Gasteiger charge is 2.25. The maximum atomic E-state index is 13.8. The maximum Gasteiger partial charge on any atom is 0.253 e. The van der Waals surface area contributed by atoms with Crippen LogP contribution in [0.25, 0.3) is 11.1 Å². The molecule has 0 atom stereocenters. The lowest BCUT2D eigenvalue weighted by Crippen LogP contribution is -2.40. The van der Waals surface area contributed by atoms with E-state index in [0.29, 0.717) is 17.2 Å². The molecule has 2 saturated heterocycles. The number of pyridine rings is 1. The van der Waals surface area contributed by atoms with Crippen molar-refractivity contribution in [1.82, 2.24) is 15.2 Å². The molecule has 0 saturated carbocycles. The number of anilines is 1. The van der Waals surface area contributed by atoms with Crippen LogP contribution in [0, 0.1) is 26.7 Å². The largest absolute Gasteiger partial charge is 0.381 e. The lowest BCUT2D eigenvalue weighted by Gasteiger charge is -2.37. The van der Waals surface area contributed by atoms with Crippen LogP contribution in [-0.2, 0) is 17.8 Å². The fourth-order valence-corrected chi connectivity index (χ4v) is 6.67. The van der Waals surface area contributed by atoms with Gasteiger partial charge in [0, 0.05) is 61.4 Å². The normalized spacial score (nSPS) is 16.8. The van der Waals surface area contributed by atoms with Gasteiger partial charge in [-0.05, 0) is 118 Å². The van der Waals surface area contributed by atoms with E-state index in [4.69, 9.17) is 4.74 Å². The number of ether oxygens (including phenoxy) is 1. The zero-order valence-electron chi connectivity index (χ0n) is 26.6. The lowest BCUT2D eigenvalue weighted by molar-refractivity contribution is 0.0846. The van der Waals surface area contributed by atoms with Crippen molar-refractivity contribution in [1.29, 1.82) is 0 Å². The van der Waals surface area contributed by atoms with Crippen LogP contribution in [-0.4, -0.2) is 54.7 Å². The molecule has 0 bridgehead atoms. The molecule has 1 aromatic heterocycles. The van der Waals surface area contributed by atoms with Crippen LogP contribution < -0.4 is 15.8 Å². The van der Waals surface area contributed by atoms with Gasteiger partial charge in [0.15, 0.2) is 0 Å². The predicted molar refractivity (Wildman–Crippen MR) is 175 cm³/mol. The average molecular weight is 585 g/mol. The molecular weight excluding hydrogens is 536 g/mol. The van der Waals surface area contributed by atoms with Gasteiger partial charge >= 0.3 is 0 Å². The maximum absolute atomic E-state index is 13.8. The standard InChI is InChI=1S/C36H48N4O3/c1-6-40(31-13-17-43-18-14-31)34-21-30(29-9-7-28(8-10-29)23-39-15-11-24(2)12-16-39)20-32(27(34)5)35(41)37-22-33-25(3)19-26(4)38-36(33)42/h7-10,19-21,24,31H,6,11-18,22-23H2,1-5H3,(H,37,41)(H,38,42). The number of rotatable bonds is 9. The van der Waals surface area contributed by atoms with Gasteiger partial charge in [-0.2, -0.15) is 0 Å². The van der Waals surface area contributed by atoms with Gasteiger partial charge in [-0.3, -0.25) is 14.5 Å². The van der Waals surface area contributed by atoms with Gasteiger partial charge in [-0.1, -0.05) is 31.2 Å². The molecule has 0 aliphatic carbocycles. The first-order valence-corrected chi connectivity index (χ1v) is 16.0. The number of hydrogen-bond acceptors (Lipinski definition) is 5. The third-order valence-corrected chi connectivity index (χ3v) is 9.40. The topological polar surface area (TPSA) is 77.7 Å². The molecule has 2 aromatic carbocycles. The van der Waals surface area contributed by atoms with E-state index < -0.39 is 0 Å². The van der Waals surface area contributed by atoms with Crippen molar-refractivity contribution >= 4 is 11.6 Å². The van der Waals surface area contributed by atoms with E-state index in [1.807, 2.05) is 32.9 Å². The van der Waals surface area contributed by atoms with E-state index in [9.17, 15) is 9.59 Å². The number of hydrogen-bond donors (Lipinski definition) is 2. The Balaban J connectivity index is 1.45. The molecule has 2 aliphatic rings. The Hall–Kier alpha value is -3.42. The molecule has 230 valence electrons. The number of nitrogens with one attached hydrogen (secondary N) is 2. The van der Waals surface area contributed by atoms with Crippen LogP contribution in [0.15, 0.2) is 47.3 Å². The number of amides is 1. The SMILES string of the molecule is CCN(c1cc(-c2ccc(CN3CCC(C)CC3)cc2)cc(C(=O)NCc2c(C)cc(C)[nH]c2=O)c1C)C1CCOCC1. The summed E-state index contributed by atoms with van der Waals surface area (Å²) >= 11 is 0. The monoisotopic (exact) mass is 584 g/mol. The van der Waals surface area contributed by atoms with Crippen molar-refractivity contribution in [3.05, 3.63) is 86.3 Å². The van der Waals surface area contributed by atoms with Crippen molar-refractivity contribution in [2.45, 2.75) is 79.4 Å². The number of piperidine rings is 1. The number of H-pyrrole nitrogens is 1. The summed E-state index contributed by atoms with van der Waals surface area (Å²) in [5.41, 5.74) is 8.26. The first-order chi connectivity index (χ1) is 20.7. The quantitative estimate of drug-likeness (QED) is 0.316. The number of aromatic amines is 1. The molecule has 0 radical (unpaired) electrons. The molecule has 7 nitrogen and oxygen atoms in total. The minimum absolute atomic E-state index is 0.153. The van der Waals surface area contributed by atoms with Crippen molar-refractivity contribution in [2.24, 2.45) is 5.92 Å². The number of likely N-dealkylation sites (tertiary alicyclic amines) is 1. The lowest BCUT2D eigenvalue weighted by atomic mass is 9.94. The van der Waals surface area contributed by atoms with E-state index in [0.717, 1.165) is 91.8 Å². The number of nitrogens with zero attached hydrogens (tertiary/aromatic N) is 2. The molecule has 5 rings (SSSR count). The average Bonchev–Trinajstić information content (AvgIpc) is 3.00. The molecule has 0 unspecified atom stereocenters. The zero-order chi connectivity index (χ0) is 30.5. The van der Waals surface area contributed by atoms with Gasteiger partial charge in [0.05, 0.1) is 0 Å². The van der Waals surface area contributed by atoms with Crippen molar-refractivity contribution in [2.75, 3.05) is 37.7 Å². The van der Waals surface area contributed by atoms with Gasteiger partial charge in [0.2, 0.25) is 0 Å². The van der Waals surface area contributed by atoms with Crippen LogP contribution in [0.4, 0.5) is 5.69 Å². The van der Waals surface area contributed by atoms with Crippen LogP contribution >= 0.6 is 0 Å². The third kappa shape index (κ3) is 7.39. The number of aromatic nitrogens is 1. The van der Waals surface area contributed by atoms with Crippen LogP contribution in [0.1, 0.15) is 77.8 Å². The first-order valence-electron chi connectivity index (χ1n) is 16.0. The molecule has 43 heavy (non-hydrogen) atoms. The Morgan fingerprint density at radius 2 is 1.70 bits per heavy atom. The highest BCUT2D eigenvalue weighted by molar-refractivity contribution is 5.99. The van der Waals surface area contributed by atoms with E-state index >= 15 is 0 Å². The molecular formula is C36H48N4O3. The minimum Gasteiger partial charge on any atom is -0.381 e. The predicted octanol–water partition coefficient (Wildman–Crippen LogP) is 6.13. The summed E-state index contributed by atoms with van der Waals surface area (Å²) in [7, 11) is 0. The molecule has 3 aromatic rings. The Kier molecular flexibility index (Phi) is 10.0. The number of carbonyl (C=O) groups is 1. The molecule has 2 fully saturated rings. The number of aryl methyl sites for hydroxylation is 2. The van der Waals surface area contributed by atoms with E-state index in [-0.39, 0.29) is 18.0 Å². The Morgan fingerprint density at radius 1 is 1.00 bits per heavy atom. The van der Waals surface area contributed by atoms with Crippen molar-refractivity contribution in [3.63, 3.8) is 0 Å². The minimum atomic E-state index is -0.168. The smallest absolute Gasteiger partial charge is 0.253 e. The fourth-order valence-electron chi connectivity index (χ4n) is 6.67. The second-order valence-corrected chi connectivity index (χ2v) is 12.6. The van der Waals surface area contributed by atoms with E-state index in [2.05, 4.69) is 64.3 Å². The van der Waals surface area contributed by atoms with Gasteiger partial charge in [0.1, 0.15) is 0 Å². The second-order valence-electron chi connectivity index (χ2n) is 12.6. The first kappa shape index (κ1) is 31.0. The van der Waals surface area contributed by atoms with E-state index in [1.165, 1.54) is 18.4 Å². The Bertz CT molecular complexity index is 1470. The summed E-state index contributed by atoms with van der Waals surface area (Å²) < 4.78 is 5.66. The van der Waals surface area contributed by atoms with Gasteiger partial charge in [-0.25, -0.2) is 0 Å². The van der Waals surface area contributed by atoms with Gasteiger partial charge < -0.3 is 19.9 Å². The zero-order valence-corrected chi connectivity index (χ0v) is 26.6. The van der Waals surface area contributed by atoms with Gasteiger partial charge in [-0.15, -0.1) is 0 Å². The second kappa shape index (κ2) is 13.9. The summed E-state index contributed by atoms with van der Waals surface area (Å²) in [4.78, 5) is 34.2. The summed E-state index contributed by atoms with van der Waals surface area (Å²) in [5.74, 6) is 0.658. The molecule has 7 heteroatoms. The highest BCUT2D eigenvalue weighted by Crippen LogP contribution is 2.34. The van der Waals surface area contributed by atoms with Gasteiger partial charge in [0.25, 0.3) is 11.5 Å². The number of benzene rings is 2. The molecule has 3 heterocycles. The Morgan fingerprint density at radius 3 is 2.35 bits per heavy atom. The third-order valence-electron chi connectivity index (χ3n) is 9.40. The van der Waals surface area contributed by atoms with Crippen molar-refractivity contribution in [3.8, 4) is 11.1 Å². The fraction of sp³-hybridized carbons (Fsp3) is 0.500. The number of carbonyl (C=O) groups excluding carboxylic acids is 1. The molecule has 2 aliphatic heterocycles. The Labute approximate surface area is 256 Å². The molecule has 1 amide bonds. The van der Waals surface area contributed by atoms with Crippen LogP contribution in [0.5, 0.6) is 0 Å². The van der Waals surface area contributed by atoms with Crippen molar-refractivity contribution < 1.29 is 9.53 Å². The summed E-state index contributed by atoms with van der Waals surface area (Å²) in [5, 5.41) is 3.05. The van der Waals surface area contributed by atoms with E-state index in [1.54, 1.807) is 0 Å². The molecule has 2 N–H and O–H groups in total. The summed E-state index contributed by atoms with van der Waals surface area (Å²) in [6.07, 6.45) is 4.49. The molecule has 0 spiro atoms. The summed E-state index contributed by atoms with van der Waals surface area (Å²) in [6.45, 7) is 16.2. The van der Waals surface area contributed by atoms with Crippen LogP contribution in [0.3, 0.4) is 0 Å². The summed E-state index contributed by atoms with van der Waals surface area (Å²) in [6, 6.07) is 15.4. The van der Waals surface area contributed by atoms with Crippen LogP contribution in [0.2, 0.25) is 0 Å². The highest BCUT2D eigenvalue weighted by atomic mass is 16.5.